The number of aromatic hydroxyl groups is 1. The van der Waals surface area contributed by atoms with Crippen molar-refractivity contribution in [2.75, 3.05) is 6.61 Å². The summed E-state index contributed by atoms with van der Waals surface area (Å²) in [5.41, 5.74) is 1.55. The number of aryl methyl sites for hydroxylation is 1. The molecule has 0 bridgehead atoms. The minimum atomic E-state index is -0.925. The van der Waals surface area contributed by atoms with E-state index in [-0.39, 0.29) is 12.4 Å². The van der Waals surface area contributed by atoms with Crippen molar-refractivity contribution < 1.29 is 19.4 Å². The molecule has 110 valence electrons. The molecule has 0 saturated carbocycles. The third-order valence-corrected chi connectivity index (χ3v) is 3.03. The molecule has 0 fully saturated rings. The van der Waals surface area contributed by atoms with Gasteiger partial charge in [0.1, 0.15) is 0 Å². The van der Waals surface area contributed by atoms with Crippen LogP contribution in [0.4, 0.5) is 4.79 Å². The summed E-state index contributed by atoms with van der Waals surface area (Å²) in [7, 11) is 0. The second kappa shape index (κ2) is 6.41. The third kappa shape index (κ3) is 3.61. The van der Waals surface area contributed by atoms with Crippen LogP contribution < -0.4 is 4.74 Å². The normalized spacial score (nSPS) is 10.2. The molecule has 0 radical (unpaired) electrons. The Morgan fingerprint density at radius 2 is 2.19 bits per heavy atom. The highest BCUT2D eigenvalue weighted by atomic mass is 35.5. The molecule has 0 aliphatic rings. The van der Waals surface area contributed by atoms with Crippen molar-refractivity contribution in [3.05, 3.63) is 35.0 Å². The van der Waals surface area contributed by atoms with E-state index in [1.54, 1.807) is 25.1 Å². The maximum absolute atomic E-state index is 11.2. The SMILES string of the molecule is CCOC(=O)Oc1cnc(-c2ccc(Cl)c(C)c2)nc1O. The van der Waals surface area contributed by atoms with Crippen LogP contribution in [-0.2, 0) is 4.74 Å². The Balaban J connectivity index is 2.26. The van der Waals surface area contributed by atoms with Crippen LogP contribution in [0.1, 0.15) is 12.5 Å². The standard InChI is InChI=1S/C14H13ClN2O4/c1-3-20-14(19)21-11-7-16-12(17-13(11)18)9-4-5-10(15)8(2)6-9/h4-7H,3H2,1-2H3,(H,16,17,18). The lowest BCUT2D eigenvalue weighted by Crippen LogP contribution is -2.10. The molecule has 0 aliphatic carbocycles. The molecule has 2 rings (SSSR count). The first-order valence-corrected chi connectivity index (χ1v) is 6.56. The van der Waals surface area contributed by atoms with Crippen molar-refractivity contribution in [2.45, 2.75) is 13.8 Å². The van der Waals surface area contributed by atoms with Crippen LogP contribution in [0.15, 0.2) is 24.4 Å². The zero-order valence-electron chi connectivity index (χ0n) is 11.5. The molecule has 1 aromatic carbocycles. The van der Waals surface area contributed by atoms with Crippen molar-refractivity contribution in [1.82, 2.24) is 9.97 Å². The summed E-state index contributed by atoms with van der Waals surface area (Å²) >= 11 is 5.95. The molecule has 1 heterocycles. The smallest absolute Gasteiger partial charge is 0.491 e. The van der Waals surface area contributed by atoms with Gasteiger partial charge < -0.3 is 14.6 Å². The molecule has 0 saturated heterocycles. The zero-order chi connectivity index (χ0) is 15.4. The fourth-order valence-electron chi connectivity index (χ4n) is 1.59. The molecule has 0 unspecified atom stereocenters. The van der Waals surface area contributed by atoms with Gasteiger partial charge in [0.05, 0.1) is 12.8 Å². The second-order valence-electron chi connectivity index (χ2n) is 4.13. The summed E-state index contributed by atoms with van der Waals surface area (Å²) in [6.45, 7) is 3.66. The average Bonchev–Trinajstić information content (AvgIpc) is 2.44. The monoisotopic (exact) mass is 308 g/mol. The minimum Gasteiger partial charge on any atom is -0.491 e. The molecule has 2 aromatic rings. The summed E-state index contributed by atoms with van der Waals surface area (Å²) < 4.78 is 9.36. The van der Waals surface area contributed by atoms with Crippen LogP contribution in [0.3, 0.4) is 0 Å². The maximum atomic E-state index is 11.2. The van der Waals surface area contributed by atoms with Crippen molar-refractivity contribution in [3.8, 4) is 23.0 Å². The van der Waals surface area contributed by atoms with E-state index < -0.39 is 12.0 Å². The highest BCUT2D eigenvalue weighted by Crippen LogP contribution is 2.27. The molecular formula is C14H13ClN2O4. The number of nitrogens with zero attached hydrogens (tertiary/aromatic N) is 2. The second-order valence-corrected chi connectivity index (χ2v) is 4.54. The van der Waals surface area contributed by atoms with Crippen LogP contribution in [-0.4, -0.2) is 27.8 Å². The van der Waals surface area contributed by atoms with E-state index in [4.69, 9.17) is 16.3 Å². The minimum absolute atomic E-state index is 0.164. The summed E-state index contributed by atoms with van der Waals surface area (Å²) in [6.07, 6.45) is 0.282. The van der Waals surface area contributed by atoms with Crippen molar-refractivity contribution in [2.24, 2.45) is 0 Å². The highest BCUT2D eigenvalue weighted by molar-refractivity contribution is 6.31. The van der Waals surface area contributed by atoms with E-state index in [9.17, 15) is 9.90 Å². The summed E-state index contributed by atoms with van der Waals surface area (Å²) in [5, 5.41) is 10.4. The maximum Gasteiger partial charge on any atom is 0.514 e. The van der Waals surface area contributed by atoms with Gasteiger partial charge in [-0.2, -0.15) is 4.98 Å². The van der Waals surface area contributed by atoms with Crippen LogP contribution in [0.5, 0.6) is 11.6 Å². The van der Waals surface area contributed by atoms with E-state index >= 15 is 0 Å². The Kier molecular flexibility index (Phi) is 4.59. The molecule has 0 spiro atoms. The Morgan fingerprint density at radius 1 is 1.43 bits per heavy atom. The average molecular weight is 309 g/mol. The lowest BCUT2D eigenvalue weighted by Gasteiger charge is -2.07. The highest BCUT2D eigenvalue weighted by Gasteiger charge is 2.13. The summed E-state index contributed by atoms with van der Waals surface area (Å²) in [4.78, 5) is 19.1. The quantitative estimate of drug-likeness (QED) is 0.876. The van der Waals surface area contributed by atoms with Crippen LogP contribution >= 0.6 is 11.6 Å². The number of ether oxygens (including phenoxy) is 2. The van der Waals surface area contributed by atoms with Gasteiger partial charge >= 0.3 is 6.16 Å². The van der Waals surface area contributed by atoms with Crippen molar-refractivity contribution in [3.63, 3.8) is 0 Å². The lowest BCUT2D eigenvalue weighted by molar-refractivity contribution is 0.102. The topological polar surface area (TPSA) is 81.5 Å². The van der Waals surface area contributed by atoms with Crippen molar-refractivity contribution >= 4 is 17.8 Å². The van der Waals surface area contributed by atoms with Gasteiger partial charge in [0.15, 0.2) is 5.82 Å². The van der Waals surface area contributed by atoms with Gasteiger partial charge in [-0.15, -0.1) is 0 Å². The Hall–Kier alpha value is -2.34. The van der Waals surface area contributed by atoms with Crippen LogP contribution in [0, 0.1) is 6.92 Å². The third-order valence-electron chi connectivity index (χ3n) is 2.61. The number of benzene rings is 1. The summed E-state index contributed by atoms with van der Waals surface area (Å²) in [5.74, 6) is -0.313. The van der Waals surface area contributed by atoms with E-state index in [0.717, 1.165) is 5.56 Å². The first-order chi connectivity index (χ1) is 10.0. The van der Waals surface area contributed by atoms with Gasteiger partial charge in [0, 0.05) is 10.6 Å². The number of halogens is 1. The van der Waals surface area contributed by atoms with Gasteiger partial charge in [-0.05, 0) is 37.6 Å². The first kappa shape index (κ1) is 15.1. The van der Waals surface area contributed by atoms with Gasteiger partial charge in [-0.3, -0.25) is 0 Å². The largest absolute Gasteiger partial charge is 0.514 e. The Morgan fingerprint density at radius 3 is 2.81 bits per heavy atom. The number of aromatic nitrogens is 2. The molecule has 0 amide bonds. The fourth-order valence-corrected chi connectivity index (χ4v) is 1.71. The molecule has 1 aromatic heterocycles. The van der Waals surface area contributed by atoms with E-state index in [2.05, 4.69) is 14.7 Å². The number of rotatable bonds is 3. The number of hydrogen-bond donors (Lipinski definition) is 1. The predicted octanol–water partition coefficient (Wildman–Crippen LogP) is 3.35. The molecular weight excluding hydrogens is 296 g/mol. The number of carbonyl (C=O) groups is 1. The Bertz CT molecular complexity index is 676. The Labute approximate surface area is 126 Å². The van der Waals surface area contributed by atoms with Crippen molar-refractivity contribution in [1.29, 1.82) is 0 Å². The van der Waals surface area contributed by atoms with Gasteiger partial charge in [0.25, 0.3) is 5.88 Å². The predicted molar refractivity (Wildman–Crippen MR) is 76.5 cm³/mol. The molecule has 7 heteroatoms. The number of hydrogen-bond acceptors (Lipinski definition) is 6. The van der Waals surface area contributed by atoms with E-state index in [1.165, 1.54) is 6.20 Å². The van der Waals surface area contributed by atoms with E-state index in [1.807, 2.05) is 6.92 Å². The molecule has 21 heavy (non-hydrogen) atoms. The summed E-state index contributed by atoms with van der Waals surface area (Å²) in [6, 6.07) is 5.24. The van der Waals surface area contributed by atoms with Gasteiger partial charge in [0.2, 0.25) is 5.75 Å². The fraction of sp³-hybridized carbons (Fsp3) is 0.214. The van der Waals surface area contributed by atoms with Gasteiger partial charge in [-0.1, -0.05) is 11.6 Å². The number of carbonyl (C=O) groups excluding carboxylic acids is 1. The molecule has 6 nitrogen and oxygen atoms in total. The first-order valence-electron chi connectivity index (χ1n) is 6.18. The van der Waals surface area contributed by atoms with Crippen LogP contribution in [0.25, 0.3) is 11.4 Å². The lowest BCUT2D eigenvalue weighted by atomic mass is 10.1. The molecule has 0 atom stereocenters. The zero-order valence-corrected chi connectivity index (χ0v) is 12.2. The molecule has 1 N–H and O–H groups in total. The van der Waals surface area contributed by atoms with E-state index in [0.29, 0.717) is 16.4 Å². The van der Waals surface area contributed by atoms with Crippen LogP contribution in [0.2, 0.25) is 5.02 Å². The van der Waals surface area contributed by atoms with Gasteiger partial charge in [-0.25, -0.2) is 9.78 Å². The molecule has 0 aliphatic heterocycles.